The molecule has 90 valence electrons. The van der Waals surface area contributed by atoms with Crippen LogP contribution in [0.1, 0.15) is 37.3 Å². The SMILES string of the molecule is COc1cc(C(C)F)c(OC)cc1C(C)O. The number of alkyl halides is 1. The van der Waals surface area contributed by atoms with Crippen LogP contribution in [-0.4, -0.2) is 19.3 Å². The lowest BCUT2D eigenvalue weighted by molar-refractivity contribution is 0.193. The Morgan fingerprint density at radius 2 is 1.50 bits per heavy atom. The Morgan fingerprint density at radius 1 is 1.06 bits per heavy atom. The van der Waals surface area contributed by atoms with Crippen molar-refractivity contribution in [1.29, 1.82) is 0 Å². The molecule has 0 amide bonds. The van der Waals surface area contributed by atoms with E-state index >= 15 is 0 Å². The zero-order valence-electron chi connectivity index (χ0n) is 9.95. The van der Waals surface area contributed by atoms with Gasteiger partial charge in [0.1, 0.15) is 17.7 Å². The van der Waals surface area contributed by atoms with E-state index in [0.717, 1.165) is 0 Å². The molecule has 0 saturated carbocycles. The summed E-state index contributed by atoms with van der Waals surface area (Å²) in [4.78, 5) is 0. The van der Waals surface area contributed by atoms with E-state index in [1.54, 1.807) is 19.1 Å². The Kier molecular flexibility index (Phi) is 4.12. The first kappa shape index (κ1) is 12.8. The van der Waals surface area contributed by atoms with E-state index in [1.165, 1.54) is 21.1 Å². The van der Waals surface area contributed by atoms with Crippen molar-refractivity contribution in [1.82, 2.24) is 0 Å². The third-order valence-electron chi connectivity index (χ3n) is 2.46. The van der Waals surface area contributed by atoms with E-state index in [1.807, 2.05) is 0 Å². The molecular weight excluding hydrogens is 211 g/mol. The van der Waals surface area contributed by atoms with E-state index in [9.17, 15) is 9.50 Å². The Morgan fingerprint density at radius 3 is 1.88 bits per heavy atom. The van der Waals surface area contributed by atoms with E-state index in [4.69, 9.17) is 9.47 Å². The van der Waals surface area contributed by atoms with E-state index in [-0.39, 0.29) is 0 Å². The molecule has 2 atom stereocenters. The predicted molar refractivity (Wildman–Crippen MR) is 59.7 cm³/mol. The Bertz CT molecular complexity index is 326. The average Bonchev–Trinajstić information content (AvgIpc) is 2.26. The van der Waals surface area contributed by atoms with Crippen molar-refractivity contribution >= 4 is 0 Å². The van der Waals surface area contributed by atoms with Gasteiger partial charge >= 0.3 is 0 Å². The number of methoxy groups -OCH3 is 2. The summed E-state index contributed by atoms with van der Waals surface area (Å²) in [5, 5.41) is 9.56. The molecule has 0 heterocycles. The zero-order valence-corrected chi connectivity index (χ0v) is 9.95. The molecule has 2 unspecified atom stereocenters. The number of aliphatic hydroxyl groups excluding tert-OH is 1. The molecule has 3 nitrogen and oxygen atoms in total. The number of ether oxygens (including phenoxy) is 2. The quantitative estimate of drug-likeness (QED) is 0.861. The summed E-state index contributed by atoms with van der Waals surface area (Å²) in [6.07, 6.45) is -1.83. The second-order valence-corrected chi connectivity index (χ2v) is 3.63. The van der Waals surface area contributed by atoms with Crippen LogP contribution >= 0.6 is 0 Å². The highest BCUT2D eigenvalue weighted by atomic mass is 19.1. The van der Waals surface area contributed by atoms with Crippen LogP contribution in [0.15, 0.2) is 12.1 Å². The van der Waals surface area contributed by atoms with Gasteiger partial charge in [-0.25, -0.2) is 4.39 Å². The van der Waals surface area contributed by atoms with Crippen LogP contribution in [0.5, 0.6) is 11.5 Å². The van der Waals surface area contributed by atoms with Crippen LogP contribution in [0.4, 0.5) is 4.39 Å². The van der Waals surface area contributed by atoms with Crippen molar-refractivity contribution in [3.05, 3.63) is 23.3 Å². The second-order valence-electron chi connectivity index (χ2n) is 3.63. The lowest BCUT2D eigenvalue weighted by atomic mass is 10.0. The normalized spacial score (nSPS) is 14.4. The molecule has 0 aliphatic heterocycles. The first-order chi connectivity index (χ1) is 7.51. The lowest BCUT2D eigenvalue weighted by Crippen LogP contribution is -2.01. The highest BCUT2D eigenvalue weighted by Crippen LogP contribution is 2.36. The average molecular weight is 228 g/mol. The smallest absolute Gasteiger partial charge is 0.126 e. The van der Waals surface area contributed by atoms with Gasteiger partial charge in [0.2, 0.25) is 0 Å². The van der Waals surface area contributed by atoms with Crippen molar-refractivity contribution < 1.29 is 19.0 Å². The van der Waals surface area contributed by atoms with Gasteiger partial charge in [-0.2, -0.15) is 0 Å². The Balaban J connectivity index is 3.34. The van der Waals surface area contributed by atoms with Gasteiger partial charge in [-0.15, -0.1) is 0 Å². The van der Waals surface area contributed by atoms with Crippen molar-refractivity contribution in [2.45, 2.75) is 26.1 Å². The number of hydrogen-bond donors (Lipinski definition) is 1. The third-order valence-corrected chi connectivity index (χ3v) is 2.46. The minimum atomic E-state index is -1.15. The summed E-state index contributed by atoms with van der Waals surface area (Å²) in [5.74, 6) is 0.891. The third kappa shape index (κ3) is 2.44. The van der Waals surface area contributed by atoms with Gasteiger partial charge in [0.05, 0.1) is 20.3 Å². The van der Waals surface area contributed by atoms with E-state index in [0.29, 0.717) is 22.6 Å². The molecule has 0 saturated heterocycles. The molecule has 1 rings (SSSR count). The molecule has 0 bridgehead atoms. The molecule has 1 N–H and O–H groups in total. The van der Waals surface area contributed by atoms with Crippen molar-refractivity contribution in [2.24, 2.45) is 0 Å². The first-order valence-corrected chi connectivity index (χ1v) is 5.09. The molecule has 0 radical (unpaired) electrons. The lowest BCUT2D eigenvalue weighted by Gasteiger charge is -2.16. The van der Waals surface area contributed by atoms with Gasteiger partial charge in [0.25, 0.3) is 0 Å². The van der Waals surface area contributed by atoms with Gasteiger partial charge < -0.3 is 14.6 Å². The summed E-state index contributed by atoms with van der Waals surface area (Å²) in [6.45, 7) is 3.05. The molecule has 16 heavy (non-hydrogen) atoms. The molecule has 0 aliphatic carbocycles. The summed E-state index contributed by atoms with van der Waals surface area (Å²) < 4.78 is 23.5. The maximum atomic E-state index is 13.3. The first-order valence-electron chi connectivity index (χ1n) is 5.09. The number of rotatable bonds is 4. The molecule has 0 aromatic heterocycles. The molecule has 1 aromatic carbocycles. The van der Waals surface area contributed by atoms with Crippen LogP contribution in [0.3, 0.4) is 0 Å². The summed E-state index contributed by atoms with van der Waals surface area (Å²) >= 11 is 0. The number of hydrogen-bond acceptors (Lipinski definition) is 3. The van der Waals surface area contributed by atoms with Gasteiger partial charge in [-0.3, -0.25) is 0 Å². The van der Waals surface area contributed by atoms with Crippen LogP contribution in [0, 0.1) is 0 Å². The van der Waals surface area contributed by atoms with Crippen LogP contribution in [-0.2, 0) is 0 Å². The highest BCUT2D eigenvalue weighted by molar-refractivity contribution is 5.48. The minimum absolute atomic E-state index is 0.420. The second kappa shape index (κ2) is 5.16. The molecule has 4 heteroatoms. The standard InChI is InChI=1S/C12H17FO3/c1-7(13)9-5-12(16-4)10(8(2)14)6-11(9)15-3/h5-8,14H,1-4H3. The van der Waals surface area contributed by atoms with Crippen molar-refractivity contribution in [2.75, 3.05) is 14.2 Å². The van der Waals surface area contributed by atoms with Gasteiger partial charge in [-0.1, -0.05) is 0 Å². The van der Waals surface area contributed by atoms with E-state index in [2.05, 4.69) is 0 Å². The predicted octanol–water partition coefficient (Wildman–Crippen LogP) is 2.79. The Labute approximate surface area is 94.8 Å². The fraction of sp³-hybridized carbons (Fsp3) is 0.500. The monoisotopic (exact) mass is 228 g/mol. The largest absolute Gasteiger partial charge is 0.496 e. The molecule has 0 fully saturated rings. The van der Waals surface area contributed by atoms with Gasteiger partial charge in [0, 0.05) is 11.1 Å². The maximum absolute atomic E-state index is 13.3. The molecule has 0 spiro atoms. The fourth-order valence-electron chi connectivity index (χ4n) is 1.58. The van der Waals surface area contributed by atoms with Gasteiger partial charge in [0.15, 0.2) is 0 Å². The topological polar surface area (TPSA) is 38.7 Å². The summed E-state index contributed by atoms with van der Waals surface area (Å²) in [6, 6.07) is 3.17. The summed E-state index contributed by atoms with van der Waals surface area (Å²) in [5.41, 5.74) is 1.01. The van der Waals surface area contributed by atoms with Crippen LogP contribution in [0.25, 0.3) is 0 Å². The van der Waals surface area contributed by atoms with Crippen LogP contribution < -0.4 is 9.47 Å². The molecule has 0 aliphatic rings. The number of aliphatic hydroxyl groups is 1. The molecule has 1 aromatic rings. The highest BCUT2D eigenvalue weighted by Gasteiger charge is 2.17. The van der Waals surface area contributed by atoms with Gasteiger partial charge in [-0.05, 0) is 26.0 Å². The number of benzene rings is 1. The zero-order chi connectivity index (χ0) is 12.3. The number of halogens is 1. The van der Waals surface area contributed by atoms with Crippen LogP contribution in [0.2, 0.25) is 0 Å². The van der Waals surface area contributed by atoms with E-state index < -0.39 is 12.3 Å². The van der Waals surface area contributed by atoms with Crippen molar-refractivity contribution in [3.63, 3.8) is 0 Å². The van der Waals surface area contributed by atoms with Crippen molar-refractivity contribution in [3.8, 4) is 11.5 Å². The fourth-order valence-corrected chi connectivity index (χ4v) is 1.58. The molecular formula is C12H17FO3. The summed E-state index contributed by atoms with van der Waals surface area (Å²) in [7, 11) is 2.96. The maximum Gasteiger partial charge on any atom is 0.126 e. The minimum Gasteiger partial charge on any atom is -0.496 e. The Hall–Kier alpha value is -1.29.